The van der Waals surface area contributed by atoms with Crippen molar-refractivity contribution in [1.29, 1.82) is 0 Å². The summed E-state index contributed by atoms with van der Waals surface area (Å²) in [7, 11) is 0. The third-order valence-electron chi connectivity index (χ3n) is 4.74. The number of amides is 1. The average Bonchev–Trinajstić information content (AvgIpc) is 3.14. The molecule has 2 aliphatic rings. The SMILES string of the molecule is O=C(/C=C/c1cc(Cl)c2c(c1)OCO2)N1CCc2ccccc2C1CO. The number of hydrogen-bond donors (Lipinski definition) is 1. The lowest BCUT2D eigenvalue weighted by molar-refractivity contribution is -0.129. The van der Waals surface area contributed by atoms with Crippen LogP contribution in [0.15, 0.2) is 42.5 Å². The number of rotatable bonds is 3. The van der Waals surface area contributed by atoms with E-state index in [2.05, 4.69) is 0 Å². The maximum atomic E-state index is 12.7. The largest absolute Gasteiger partial charge is 0.454 e. The Morgan fingerprint density at radius 3 is 3.00 bits per heavy atom. The number of ether oxygens (including phenoxy) is 2. The third-order valence-corrected chi connectivity index (χ3v) is 5.02. The van der Waals surface area contributed by atoms with Crippen LogP contribution in [0.25, 0.3) is 6.08 Å². The predicted molar refractivity (Wildman–Crippen MR) is 98.3 cm³/mol. The third kappa shape index (κ3) is 3.04. The maximum Gasteiger partial charge on any atom is 0.247 e. The Morgan fingerprint density at radius 2 is 2.15 bits per heavy atom. The van der Waals surface area contributed by atoms with Crippen LogP contribution in [-0.2, 0) is 11.2 Å². The summed E-state index contributed by atoms with van der Waals surface area (Å²) in [4.78, 5) is 14.4. The van der Waals surface area contributed by atoms with Gasteiger partial charge in [-0.05, 0) is 41.3 Å². The molecule has 0 aliphatic carbocycles. The first-order valence-electron chi connectivity index (χ1n) is 8.44. The van der Waals surface area contributed by atoms with Crippen molar-refractivity contribution in [3.05, 3.63) is 64.2 Å². The first kappa shape index (κ1) is 16.9. The highest BCUT2D eigenvalue weighted by molar-refractivity contribution is 6.32. The second-order valence-corrected chi connectivity index (χ2v) is 6.66. The average molecular weight is 372 g/mol. The number of carbonyl (C=O) groups is 1. The van der Waals surface area contributed by atoms with Crippen molar-refractivity contribution in [1.82, 2.24) is 4.90 Å². The second-order valence-electron chi connectivity index (χ2n) is 6.25. The fourth-order valence-electron chi connectivity index (χ4n) is 3.46. The van der Waals surface area contributed by atoms with Crippen LogP contribution in [-0.4, -0.2) is 35.9 Å². The van der Waals surface area contributed by atoms with E-state index < -0.39 is 0 Å². The zero-order chi connectivity index (χ0) is 18.1. The lowest BCUT2D eigenvalue weighted by Gasteiger charge is -2.35. The van der Waals surface area contributed by atoms with Crippen molar-refractivity contribution >= 4 is 23.6 Å². The summed E-state index contributed by atoms with van der Waals surface area (Å²) in [6.07, 6.45) is 3.98. The highest BCUT2D eigenvalue weighted by Crippen LogP contribution is 2.40. The number of aliphatic hydroxyl groups excluding tert-OH is 1. The van der Waals surface area contributed by atoms with Crippen LogP contribution in [0, 0.1) is 0 Å². The van der Waals surface area contributed by atoms with Crippen LogP contribution < -0.4 is 9.47 Å². The molecule has 0 aromatic heterocycles. The summed E-state index contributed by atoms with van der Waals surface area (Å²) in [5, 5.41) is 10.3. The Bertz CT molecular complexity index is 880. The van der Waals surface area contributed by atoms with Gasteiger partial charge in [0.1, 0.15) is 0 Å². The summed E-state index contributed by atoms with van der Waals surface area (Å²) in [6.45, 7) is 0.617. The molecule has 2 aromatic rings. The van der Waals surface area contributed by atoms with Crippen molar-refractivity contribution < 1.29 is 19.4 Å². The van der Waals surface area contributed by atoms with Gasteiger partial charge in [0.2, 0.25) is 12.7 Å². The van der Waals surface area contributed by atoms with E-state index in [0.29, 0.717) is 23.1 Å². The molecule has 1 atom stereocenters. The van der Waals surface area contributed by atoms with Crippen LogP contribution >= 0.6 is 11.6 Å². The topological polar surface area (TPSA) is 59.0 Å². The minimum atomic E-state index is -0.322. The Morgan fingerprint density at radius 1 is 1.31 bits per heavy atom. The second kappa shape index (κ2) is 7.02. The lowest BCUT2D eigenvalue weighted by atomic mass is 9.93. The molecule has 134 valence electrons. The number of halogens is 1. The number of hydrogen-bond acceptors (Lipinski definition) is 4. The number of benzene rings is 2. The molecule has 0 fully saturated rings. The molecule has 0 bridgehead atoms. The maximum absolute atomic E-state index is 12.7. The molecular formula is C20H18ClNO4. The van der Waals surface area contributed by atoms with Gasteiger partial charge in [-0.15, -0.1) is 0 Å². The highest BCUT2D eigenvalue weighted by atomic mass is 35.5. The van der Waals surface area contributed by atoms with Crippen molar-refractivity contribution in [2.24, 2.45) is 0 Å². The van der Waals surface area contributed by atoms with Gasteiger partial charge in [0.25, 0.3) is 0 Å². The van der Waals surface area contributed by atoms with Gasteiger partial charge >= 0.3 is 0 Å². The lowest BCUT2D eigenvalue weighted by Crippen LogP contribution is -2.40. The summed E-state index contributed by atoms with van der Waals surface area (Å²) in [5.74, 6) is 0.959. The van der Waals surface area contributed by atoms with Gasteiger partial charge in [0, 0.05) is 12.6 Å². The zero-order valence-corrected chi connectivity index (χ0v) is 14.8. The number of nitrogens with zero attached hydrogens (tertiary/aromatic N) is 1. The van der Waals surface area contributed by atoms with E-state index in [4.69, 9.17) is 21.1 Å². The first-order valence-corrected chi connectivity index (χ1v) is 8.81. The van der Waals surface area contributed by atoms with E-state index in [1.807, 2.05) is 24.3 Å². The summed E-state index contributed by atoms with van der Waals surface area (Å²) < 4.78 is 10.6. The molecule has 4 rings (SSSR count). The first-order chi connectivity index (χ1) is 12.7. The van der Waals surface area contributed by atoms with Gasteiger partial charge in [-0.2, -0.15) is 0 Å². The number of carbonyl (C=O) groups excluding carboxylic acids is 1. The van der Waals surface area contributed by atoms with Crippen molar-refractivity contribution in [2.75, 3.05) is 19.9 Å². The molecule has 2 aliphatic heterocycles. The minimum Gasteiger partial charge on any atom is -0.454 e. The highest BCUT2D eigenvalue weighted by Gasteiger charge is 2.29. The summed E-state index contributed by atoms with van der Waals surface area (Å²) >= 11 is 6.17. The van der Waals surface area contributed by atoms with Crippen molar-refractivity contribution in [3.8, 4) is 11.5 Å². The molecule has 6 heteroatoms. The predicted octanol–water partition coefficient (Wildman–Crippen LogP) is 3.20. The molecule has 1 unspecified atom stereocenters. The van der Waals surface area contributed by atoms with Crippen molar-refractivity contribution in [3.63, 3.8) is 0 Å². The Hall–Kier alpha value is -2.50. The Balaban J connectivity index is 1.55. The van der Waals surface area contributed by atoms with Gasteiger partial charge in [0.15, 0.2) is 11.5 Å². The molecule has 2 aromatic carbocycles. The standard InChI is InChI=1S/C20H18ClNO4/c21-16-9-13(10-18-20(16)26-12-25-18)5-6-19(24)22-8-7-14-3-1-2-4-15(14)17(22)11-23/h1-6,9-10,17,23H,7-8,11-12H2/b6-5+. The van der Waals surface area contributed by atoms with Gasteiger partial charge in [-0.3, -0.25) is 4.79 Å². The Kier molecular flexibility index (Phi) is 4.57. The fourth-order valence-corrected chi connectivity index (χ4v) is 3.73. The van der Waals surface area contributed by atoms with E-state index in [-0.39, 0.29) is 25.3 Å². The quantitative estimate of drug-likeness (QED) is 0.842. The molecule has 0 spiro atoms. The normalized spacial score (nSPS) is 18.2. The number of aliphatic hydroxyl groups is 1. The monoisotopic (exact) mass is 371 g/mol. The van der Waals surface area contributed by atoms with Gasteiger partial charge in [-0.25, -0.2) is 0 Å². The van der Waals surface area contributed by atoms with E-state index in [0.717, 1.165) is 17.5 Å². The molecule has 0 saturated heterocycles. The van der Waals surface area contributed by atoms with Crippen LogP contribution in [0.5, 0.6) is 11.5 Å². The van der Waals surface area contributed by atoms with Gasteiger partial charge in [0.05, 0.1) is 17.7 Å². The smallest absolute Gasteiger partial charge is 0.247 e. The molecule has 1 amide bonds. The van der Waals surface area contributed by atoms with Gasteiger partial charge in [-0.1, -0.05) is 35.9 Å². The van der Waals surface area contributed by atoms with E-state index in [1.165, 1.54) is 11.6 Å². The van der Waals surface area contributed by atoms with Crippen LogP contribution in [0.1, 0.15) is 22.7 Å². The Labute approximate surface area is 156 Å². The minimum absolute atomic E-state index is 0.105. The van der Waals surface area contributed by atoms with Crippen LogP contribution in [0.3, 0.4) is 0 Å². The molecule has 1 N–H and O–H groups in total. The molecular weight excluding hydrogens is 354 g/mol. The van der Waals surface area contributed by atoms with Crippen LogP contribution in [0.4, 0.5) is 0 Å². The molecule has 2 heterocycles. The molecule has 26 heavy (non-hydrogen) atoms. The molecule has 0 radical (unpaired) electrons. The van der Waals surface area contributed by atoms with E-state index >= 15 is 0 Å². The summed E-state index contributed by atoms with van der Waals surface area (Å²) in [6, 6.07) is 11.1. The van der Waals surface area contributed by atoms with Crippen LogP contribution in [0.2, 0.25) is 5.02 Å². The molecule has 5 nitrogen and oxygen atoms in total. The summed E-state index contributed by atoms with van der Waals surface area (Å²) in [5.41, 5.74) is 2.95. The zero-order valence-electron chi connectivity index (χ0n) is 14.0. The van der Waals surface area contributed by atoms with Crippen molar-refractivity contribution in [2.45, 2.75) is 12.5 Å². The molecule has 0 saturated carbocycles. The van der Waals surface area contributed by atoms with E-state index in [9.17, 15) is 9.90 Å². The van der Waals surface area contributed by atoms with Gasteiger partial charge < -0.3 is 19.5 Å². The fraction of sp³-hybridized carbons (Fsp3) is 0.250. The number of fused-ring (bicyclic) bond motifs is 2. The van der Waals surface area contributed by atoms with E-state index in [1.54, 1.807) is 23.1 Å².